The van der Waals surface area contributed by atoms with Crippen molar-refractivity contribution in [3.05, 3.63) is 88.5 Å². The van der Waals surface area contributed by atoms with E-state index >= 15 is 0 Å². The van der Waals surface area contributed by atoms with E-state index in [1.165, 1.54) is 36.0 Å². The zero-order valence-electron chi connectivity index (χ0n) is 16.6. The average Bonchev–Trinajstić information content (AvgIpc) is 3.21. The van der Waals surface area contributed by atoms with Gasteiger partial charge < -0.3 is 15.6 Å². The minimum Gasteiger partial charge on any atom is -0.333 e. The first-order valence-corrected chi connectivity index (χ1v) is 10.5. The number of nitro benzene ring substituents is 1. The monoisotopic (exact) mass is 447 g/mol. The van der Waals surface area contributed by atoms with Gasteiger partial charge >= 0.3 is 0 Å². The number of anilines is 2. The number of hydrogen-bond acceptors (Lipinski definition) is 6. The average molecular weight is 447 g/mol. The van der Waals surface area contributed by atoms with Gasteiger partial charge in [-0.1, -0.05) is 42.1 Å². The summed E-state index contributed by atoms with van der Waals surface area (Å²) in [5, 5.41) is 17.0. The second-order valence-corrected chi connectivity index (χ2v) is 7.67. The van der Waals surface area contributed by atoms with Gasteiger partial charge in [-0.3, -0.25) is 19.7 Å². The number of aromatic nitrogens is 2. The van der Waals surface area contributed by atoms with Crippen LogP contribution < -0.4 is 10.6 Å². The third-order valence-corrected chi connectivity index (χ3v) is 5.34. The Kier molecular flexibility index (Phi) is 6.13. The smallest absolute Gasteiger partial charge is 0.292 e. The van der Waals surface area contributed by atoms with E-state index < -0.39 is 10.8 Å². The first-order chi connectivity index (χ1) is 15.5. The predicted octanol–water partition coefficient (Wildman–Crippen LogP) is 4.45. The number of carbonyl (C=O) groups is 2. The number of hydrogen-bond donors (Lipinski definition) is 3. The van der Waals surface area contributed by atoms with Crippen LogP contribution in [0.5, 0.6) is 0 Å². The van der Waals surface area contributed by atoms with E-state index in [1.807, 2.05) is 24.3 Å². The number of fused-ring (bicyclic) bond motifs is 1. The number of rotatable bonds is 7. The molecule has 160 valence electrons. The fourth-order valence-electron chi connectivity index (χ4n) is 3.00. The molecule has 10 heteroatoms. The number of carbonyl (C=O) groups excluding carboxylic acids is 2. The summed E-state index contributed by atoms with van der Waals surface area (Å²) < 4.78 is 0. The van der Waals surface area contributed by atoms with E-state index in [0.717, 1.165) is 11.0 Å². The minimum atomic E-state index is -0.564. The van der Waals surface area contributed by atoms with E-state index in [2.05, 4.69) is 20.6 Å². The number of nitrogens with one attached hydrogen (secondary N) is 3. The molecule has 0 unspecified atom stereocenters. The van der Waals surface area contributed by atoms with Crippen molar-refractivity contribution in [3.63, 3.8) is 0 Å². The number of nitrogens with zero attached hydrogens (tertiary/aromatic N) is 2. The van der Waals surface area contributed by atoms with Gasteiger partial charge in [0.05, 0.1) is 21.7 Å². The summed E-state index contributed by atoms with van der Waals surface area (Å²) in [7, 11) is 0. The fraction of sp³-hybridized carbons (Fsp3) is 0.0455. The van der Waals surface area contributed by atoms with E-state index in [-0.39, 0.29) is 28.6 Å². The Morgan fingerprint density at radius 3 is 2.59 bits per heavy atom. The number of thioether (sulfide) groups is 1. The van der Waals surface area contributed by atoms with Crippen molar-refractivity contribution < 1.29 is 14.5 Å². The Hall–Kier alpha value is -4.18. The molecule has 0 atom stereocenters. The van der Waals surface area contributed by atoms with Crippen molar-refractivity contribution in [2.45, 2.75) is 5.16 Å². The SMILES string of the molecule is O=C(CSc1nc2ccccc2[nH]1)Nc1cccc(C(=O)Nc2ccccc2[N+](=O)[O-])c1. The maximum Gasteiger partial charge on any atom is 0.292 e. The molecule has 2 amide bonds. The van der Waals surface area contributed by atoms with Crippen LogP contribution in [0.2, 0.25) is 0 Å². The molecule has 0 spiro atoms. The lowest BCUT2D eigenvalue weighted by Crippen LogP contribution is -2.16. The van der Waals surface area contributed by atoms with Gasteiger partial charge in [-0.25, -0.2) is 4.98 Å². The molecule has 0 fully saturated rings. The zero-order valence-corrected chi connectivity index (χ0v) is 17.4. The Morgan fingerprint density at radius 2 is 1.78 bits per heavy atom. The van der Waals surface area contributed by atoms with Crippen molar-refractivity contribution in [1.29, 1.82) is 0 Å². The highest BCUT2D eigenvalue weighted by atomic mass is 32.2. The topological polar surface area (TPSA) is 130 Å². The van der Waals surface area contributed by atoms with E-state index in [9.17, 15) is 19.7 Å². The summed E-state index contributed by atoms with van der Waals surface area (Å²) >= 11 is 1.27. The highest BCUT2D eigenvalue weighted by Gasteiger charge is 2.16. The summed E-state index contributed by atoms with van der Waals surface area (Å²) in [6, 6.07) is 19.8. The number of amides is 2. The second-order valence-electron chi connectivity index (χ2n) is 6.71. The molecule has 0 radical (unpaired) electrons. The van der Waals surface area contributed by atoms with E-state index in [1.54, 1.807) is 24.3 Å². The Bertz CT molecular complexity index is 1290. The third kappa shape index (κ3) is 4.93. The van der Waals surface area contributed by atoms with Crippen molar-refractivity contribution >= 4 is 51.7 Å². The maximum absolute atomic E-state index is 12.6. The van der Waals surface area contributed by atoms with Crippen LogP contribution >= 0.6 is 11.8 Å². The van der Waals surface area contributed by atoms with E-state index in [4.69, 9.17) is 0 Å². The van der Waals surface area contributed by atoms with Crippen molar-refractivity contribution in [2.75, 3.05) is 16.4 Å². The summed E-state index contributed by atoms with van der Waals surface area (Å²) in [6.45, 7) is 0. The van der Waals surface area contributed by atoms with Crippen LogP contribution in [-0.2, 0) is 4.79 Å². The molecule has 4 aromatic rings. The van der Waals surface area contributed by atoms with Gasteiger partial charge in [-0.05, 0) is 36.4 Å². The van der Waals surface area contributed by atoms with Gasteiger partial charge in [0.25, 0.3) is 11.6 Å². The molecule has 3 aromatic carbocycles. The lowest BCUT2D eigenvalue weighted by atomic mass is 10.1. The molecular formula is C22H17N5O4S. The molecule has 0 aliphatic rings. The van der Waals surface area contributed by atoms with Gasteiger partial charge in [-0.15, -0.1) is 0 Å². The van der Waals surface area contributed by atoms with Crippen LogP contribution in [0.1, 0.15) is 10.4 Å². The molecule has 9 nitrogen and oxygen atoms in total. The summed E-state index contributed by atoms with van der Waals surface area (Å²) in [5.41, 5.74) is 2.31. The first kappa shape index (κ1) is 21.1. The van der Waals surface area contributed by atoms with Crippen molar-refractivity contribution in [1.82, 2.24) is 9.97 Å². The largest absolute Gasteiger partial charge is 0.333 e. The minimum absolute atomic E-state index is 0.0965. The third-order valence-electron chi connectivity index (χ3n) is 4.47. The Morgan fingerprint density at radius 1 is 1.00 bits per heavy atom. The van der Waals surface area contributed by atoms with Gasteiger partial charge in [0.1, 0.15) is 5.69 Å². The Balaban J connectivity index is 1.38. The quantitative estimate of drug-likeness (QED) is 0.218. The van der Waals surface area contributed by atoms with Crippen LogP contribution in [-0.4, -0.2) is 32.5 Å². The summed E-state index contributed by atoms with van der Waals surface area (Å²) in [5.74, 6) is -0.648. The summed E-state index contributed by atoms with van der Waals surface area (Å²) in [6.07, 6.45) is 0. The molecule has 4 rings (SSSR count). The molecule has 0 bridgehead atoms. The van der Waals surface area contributed by atoms with Crippen LogP contribution in [0.25, 0.3) is 11.0 Å². The highest BCUT2D eigenvalue weighted by molar-refractivity contribution is 7.99. The fourth-order valence-corrected chi connectivity index (χ4v) is 3.68. The van der Waals surface area contributed by atoms with Crippen molar-refractivity contribution in [2.24, 2.45) is 0 Å². The second kappa shape index (κ2) is 9.31. The van der Waals surface area contributed by atoms with Crippen molar-refractivity contribution in [3.8, 4) is 0 Å². The van der Waals surface area contributed by atoms with Crippen LogP contribution in [0.4, 0.5) is 17.1 Å². The number of H-pyrrole nitrogens is 1. The van der Waals surface area contributed by atoms with E-state index in [0.29, 0.717) is 10.8 Å². The molecule has 0 aliphatic heterocycles. The standard InChI is InChI=1S/C22H17N5O4S/c28-20(13-32-22-25-16-8-1-2-9-17(16)26-22)23-15-7-5-6-14(12-15)21(29)24-18-10-3-4-11-19(18)27(30)31/h1-12H,13H2,(H,23,28)(H,24,29)(H,25,26). The van der Waals surface area contributed by atoms with Gasteiger partial charge in [0, 0.05) is 17.3 Å². The van der Waals surface area contributed by atoms with Gasteiger partial charge in [-0.2, -0.15) is 0 Å². The molecular weight excluding hydrogens is 430 g/mol. The molecule has 1 heterocycles. The lowest BCUT2D eigenvalue weighted by molar-refractivity contribution is -0.383. The van der Waals surface area contributed by atoms with Gasteiger partial charge in [0.15, 0.2) is 5.16 Å². The first-order valence-electron chi connectivity index (χ1n) is 9.52. The number of imidazole rings is 1. The number of nitro groups is 1. The lowest BCUT2D eigenvalue weighted by Gasteiger charge is -2.08. The molecule has 32 heavy (non-hydrogen) atoms. The number of para-hydroxylation sites is 4. The Labute approximate surface area is 186 Å². The molecule has 0 saturated heterocycles. The normalized spacial score (nSPS) is 10.6. The zero-order chi connectivity index (χ0) is 22.5. The van der Waals surface area contributed by atoms with Crippen LogP contribution in [0.15, 0.2) is 78.0 Å². The summed E-state index contributed by atoms with van der Waals surface area (Å²) in [4.78, 5) is 43.0. The molecule has 0 aliphatic carbocycles. The van der Waals surface area contributed by atoms with Crippen LogP contribution in [0.3, 0.4) is 0 Å². The van der Waals surface area contributed by atoms with Crippen LogP contribution in [0, 0.1) is 10.1 Å². The maximum atomic E-state index is 12.6. The number of benzene rings is 3. The van der Waals surface area contributed by atoms with Gasteiger partial charge in [0.2, 0.25) is 5.91 Å². The number of aromatic amines is 1. The molecule has 3 N–H and O–H groups in total. The predicted molar refractivity (Wildman–Crippen MR) is 123 cm³/mol. The molecule has 1 aromatic heterocycles. The molecule has 0 saturated carbocycles. The highest BCUT2D eigenvalue weighted by Crippen LogP contribution is 2.24.